The summed E-state index contributed by atoms with van der Waals surface area (Å²) in [5, 5.41) is 3.05. The summed E-state index contributed by atoms with van der Waals surface area (Å²) in [6, 6.07) is 0.0489. The summed E-state index contributed by atoms with van der Waals surface area (Å²) >= 11 is 0. The van der Waals surface area contributed by atoms with E-state index in [1.54, 1.807) is 4.90 Å². The maximum absolute atomic E-state index is 12.0. The third-order valence-electron chi connectivity index (χ3n) is 4.12. The van der Waals surface area contributed by atoms with E-state index in [4.69, 9.17) is 4.74 Å². The number of hydrogen-bond donors (Lipinski definition) is 1. The Morgan fingerprint density at radius 1 is 1.40 bits per heavy atom. The summed E-state index contributed by atoms with van der Waals surface area (Å²) in [5.41, 5.74) is 0. The Labute approximate surface area is 121 Å². The number of amides is 2. The number of morpholine rings is 1. The molecule has 0 bridgehead atoms. The molecule has 2 aliphatic rings. The Morgan fingerprint density at radius 2 is 2.20 bits per heavy atom. The zero-order valence-electron chi connectivity index (χ0n) is 12.5. The van der Waals surface area contributed by atoms with Gasteiger partial charge in [0.15, 0.2) is 0 Å². The molecule has 5 nitrogen and oxygen atoms in total. The smallest absolute Gasteiger partial charge is 0.317 e. The van der Waals surface area contributed by atoms with Crippen molar-refractivity contribution in [2.75, 3.05) is 53.0 Å². The number of rotatable bonds is 5. The molecule has 1 aliphatic heterocycles. The van der Waals surface area contributed by atoms with E-state index in [2.05, 4.69) is 22.4 Å². The number of hydrogen-bond acceptors (Lipinski definition) is 3. The second kappa shape index (κ2) is 8.27. The minimum absolute atomic E-state index is 0.0489. The Hall–Kier alpha value is -1.07. The summed E-state index contributed by atoms with van der Waals surface area (Å²) in [4.78, 5) is 16.1. The zero-order chi connectivity index (χ0) is 14.2. The van der Waals surface area contributed by atoms with Crippen LogP contribution in [-0.2, 0) is 4.74 Å². The van der Waals surface area contributed by atoms with Gasteiger partial charge in [-0.05, 0) is 25.2 Å². The van der Waals surface area contributed by atoms with Crippen molar-refractivity contribution in [2.45, 2.75) is 19.3 Å². The highest BCUT2D eigenvalue weighted by molar-refractivity contribution is 5.73. The lowest BCUT2D eigenvalue weighted by Gasteiger charge is -2.29. The predicted octanol–water partition coefficient (Wildman–Crippen LogP) is 1.32. The van der Waals surface area contributed by atoms with Gasteiger partial charge in [0.05, 0.1) is 13.2 Å². The lowest BCUT2D eigenvalue weighted by molar-refractivity contribution is 0.0357. The largest absolute Gasteiger partial charge is 0.379 e. The van der Waals surface area contributed by atoms with Gasteiger partial charge in [0.25, 0.3) is 0 Å². The molecular formula is C15H27N3O2. The minimum Gasteiger partial charge on any atom is -0.379 e. The molecule has 0 aromatic rings. The molecule has 2 rings (SSSR count). The van der Waals surface area contributed by atoms with Gasteiger partial charge in [0, 0.05) is 39.8 Å². The fourth-order valence-electron chi connectivity index (χ4n) is 2.63. The van der Waals surface area contributed by atoms with Crippen LogP contribution >= 0.6 is 0 Å². The number of carbonyl (C=O) groups excluding carboxylic acids is 1. The van der Waals surface area contributed by atoms with Gasteiger partial charge in [0.1, 0.15) is 0 Å². The van der Waals surface area contributed by atoms with Gasteiger partial charge in [-0.1, -0.05) is 12.2 Å². The number of urea groups is 1. The molecule has 0 aromatic carbocycles. The van der Waals surface area contributed by atoms with Crippen LogP contribution in [-0.4, -0.2) is 68.8 Å². The molecule has 1 saturated heterocycles. The number of carbonyl (C=O) groups is 1. The first-order chi connectivity index (χ1) is 9.75. The van der Waals surface area contributed by atoms with E-state index in [9.17, 15) is 4.79 Å². The van der Waals surface area contributed by atoms with Gasteiger partial charge in [-0.15, -0.1) is 0 Å². The lowest BCUT2D eigenvalue weighted by atomic mass is 9.94. The lowest BCUT2D eigenvalue weighted by Crippen LogP contribution is -2.45. The Balaban J connectivity index is 1.59. The second-order valence-corrected chi connectivity index (χ2v) is 5.71. The molecule has 5 heteroatoms. The van der Waals surface area contributed by atoms with Crippen molar-refractivity contribution in [1.29, 1.82) is 0 Å². The second-order valence-electron chi connectivity index (χ2n) is 5.71. The molecule has 0 unspecified atom stereocenters. The van der Waals surface area contributed by atoms with E-state index in [0.717, 1.165) is 58.8 Å². The third-order valence-corrected chi connectivity index (χ3v) is 4.12. The van der Waals surface area contributed by atoms with Gasteiger partial charge in [-0.3, -0.25) is 4.90 Å². The summed E-state index contributed by atoms with van der Waals surface area (Å²) in [6.07, 6.45) is 7.88. The molecule has 1 fully saturated rings. The first-order valence-corrected chi connectivity index (χ1v) is 7.70. The molecule has 0 aromatic heterocycles. The van der Waals surface area contributed by atoms with Crippen molar-refractivity contribution in [3.8, 4) is 0 Å². The molecule has 1 atom stereocenters. The zero-order valence-corrected chi connectivity index (χ0v) is 12.5. The molecule has 1 heterocycles. The third kappa shape index (κ3) is 5.13. The fraction of sp³-hybridized carbons (Fsp3) is 0.800. The van der Waals surface area contributed by atoms with Crippen LogP contribution in [0, 0.1) is 5.92 Å². The van der Waals surface area contributed by atoms with Crippen LogP contribution in [0.1, 0.15) is 19.3 Å². The van der Waals surface area contributed by atoms with Crippen molar-refractivity contribution in [3.05, 3.63) is 12.2 Å². The highest BCUT2D eigenvalue weighted by atomic mass is 16.5. The quantitative estimate of drug-likeness (QED) is 0.773. The first kappa shape index (κ1) is 15.3. The number of nitrogens with zero attached hydrogens (tertiary/aromatic N) is 2. The van der Waals surface area contributed by atoms with Crippen molar-refractivity contribution in [1.82, 2.24) is 15.1 Å². The predicted molar refractivity (Wildman–Crippen MR) is 79.8 cm³/mol. The molecule has 20 heavy (non-hydrogen) atoms. The number of likely N-dealkylation sites (N-methyl/N-ethyl adjacent to an activating group) is 1. The van der Waals surface area contributed by atoms with Crippen molar-refractivity contribution >= 4 is 6.03 Å². The van der Waals surface area contributed by atoms with Gasteiger partial charge in [0.2, 0.25) is 0 Å². The number of ether oxygens (including phenoxy) is 1. The SMILES string of the molecule is CN(CCN1CCOCC1)C(=O)NC[C@@H]1CC=CCC1. The molecule has 0 saturated carbocycles. The van der Waals surface area contributed by atoms with Crippen LogP contribution in [0.3, 0.4) is 0 Å². The fourth-order valence-corrected chi connectivity index (χ4v) is 2.63. The molecule has 1 aliphatic carbocycles. The summed E-state index contributed by atoms with van der Waals surface area (Å²) < 4.78 is 5.32. The summed E-state index contributed by atoms with van der Waals surface area (Å²) in [7, 11) is 1.87. The van der Waals surface area contributed by atoms with E-state index < -0.39 is 0 Å². The van der Waals surface area contributed by atoms with Crippen LogP contribution < -0.4 is 5.32 Å². The highest BCUT2D eigenvalue weighted by Crippen LogP contribution is 2.16. The van der Waals surface area contributed by atoms with E-state index in [1.165, 1.54) is 6.42 Å². The monoisotopic (exact) mass is 281 g/mol. The van der Waals surface area contributed by atoms with Crippen molar-refractivity contribution < 1.29 is 9.53 Å². The van der Waals surface area contributed by atoms with E-state index >= 15 is 0 Å². The summed E-state index contributed by atoms with van der Waals surface area (Å²) in [6.45, 7) is 6.07. The van der Waals surface area contributed by atoms with E-state index in [-0.39, 0.29) is 6.03 Å². The molecule has 2 amide bonds. The Morgan fingerprint density at radius 3 is 2.90 bits per heavy atom. The van der Waals surface area contributed by atoms with Crippen molar-refractivity contribution in [2.24, 2.45) is 5.92 Å². The van der Waals surface area contributed by atoms with Gasteiger partial charge < -0.3 is 15.0 Å². The van der Waals surface area contributed by atoms with Gasteiger partial charge >= 0.3 is 6.03 Å². The average Bonchev–Trinajstić information content (AvgIpc) is 2.52. The van der Waals surface area contributed by atoms with Gasteiger partial charge in [-0.25, -0.2) is 4.79 Å². The number of allylic oxidation sites excluding steroid dienone is 2. The van der Waals surface area contributed by atoms with Gasteiger partial charge in [-0.2, -0.15) is 0 Å². The van der Waals surface area contributed by atoms with Crippen LogP contribution in [0.25, 0.3) is 0 Å². The molecular weight excluding hydrogens is 254 g/mol. The first-order valence-electron chi connectivity index (χ1n) is 7.70. The minimum atomic E-state index is 0.0489. The van der Waals surface area contributed by atoms with Crippen LogP contribution in [0.5, 0.6) is 0 Å². The Bertz CT molecular complexity index is 327. The Kier molecular flexibility index (Phi) is 6.33. The maximum atomic E-state index is 12.0. The summed E-state index contributed by atoms with van der Waals surface area (Å²) in [5.74, 6) is 0.608. The van der Waals surface area contributed by atoms with Crippen LogP contribution in [0.4, 0.5) is 4.79 Å². The topological polar surface area (TPSA) is 44.8 Å². The molecule has 1 N–H and O–H groups in total. The van der Waals surface area contributed by atoms with E-state index in [0.29, 0.717) is 5.92 Å². The number of nitrogens with one attached hydrogen (secondary N) is 1. The average molecular weight is 281 g/mol. The molecule has 0 radical (unpaired) electrons. The van der Waals surface area contributed by atoms with Crippen LogP contribution in [0.2, 0.25) is 0 Å². The van der Waals surface area contributed by atoms with Crippen LogP contribution in [0.15, 0.2) is 12.2 Å². The highest BCUT2D eigenvalue weighted by Gasteiger charge is 2.15. The maximum Gasteiger partial charge on any atom is 0.317 e. The van der Waals surface area contributed by atoms with E-state index in [1.807, 2.05) is 7.05 Å². The van der Waals surface area contributed by atoms with Crippen molar-refractivity contribution in [3.63, 3.8) is 0 Å². The standard InChI is InChI=1S/C15H27N3O2/c1-17(7-8-18-9-11-20-12-10-18)15(19)16-13-14-5-3-2-4-6-14/h2-3,14H,4-13H2,1H3,(H,16,19)/t14-/m1/s1. The molecule has 0 spiro atoms. The normalized spacial score (nSPS) is 23.6. The molecule has 114 valence electrons.